The van der Waals surface area contributed by atoms with Crippen LogP contribution in [0.25, 0.3) is 11.0 Å². The van der Waals surface area contributed by atoms with Crippen molar-refractivity contribution in [2.75, 3.05) is 0 Å². The van der Waals surface area contributed by atoms with Crippen molar-refractivity contribution in [3.8, 4) is 0 Å². The minimum Gasteiger partial charge on any atom is -0.331 e. The van der Waals surface area contributed by atoms with E-state index in [-0.39, 0.29) is 11.9 Å². The first-order valence-electron chi connectivity index (χ1n) is 6.22. The van der Waals surface area contributed by atoms with Crippen molar-refractivity contribution in [1.82, 2.24) is 9.55 Å². The fourth-order valence-electron chi connectivity index (χ4n) is 2.43. The number of hydrogen-bond acceptors (Lipinski definition) is 1. The largest absolute Gasteiger partial charge is 0.331 e. The molecule has 1 unspecified atom stereocenters. The van der Waals surface area contributed by atoms with Crippen LogP contribution in [-0.2, 0) is 0 Å². The van der Waals surface area contributed by atoms with E-state index >= 15 is 0 Å². The SMILES string of the molecule is CC(c1ccccc1Cl)n1c(=S)[nH]c2ccc(F)cc21. The predicted octanol–water partition coefficient (Wildman–Crippen LogP) is 5.10. The van der Waals surface area contributed by atoms with Crippen molar-refractivity contribution >= 4 is 34.9 Å². The normalized spacial score (nSPS) is 12.8. The molecule has 5 heteroatoms. The molecule has 3 rings (SSSR count). The number of fused-ring (bicyclic) bond motifs is 1. The molecule has 0 bridgehead atoms. The maximum absolute atomic E-state index is 13.5. The summed E-state index contributed by atoms with van der Waals surface area (Å²) in [5, 5.41) is 0.674. The zero-order valence-corrected chi connectivity index (χ0v) is 12.3. The van der Waals surface area contributed by atoms with E-state index in [1.165, 1.54) is 12.1 Å². The Kier molecular flexibility index (Phi) is 3.36. The zero-order valence-electron chi connectivity index (χ0n) is 10.7. The Labute approximate surface area is 125 Å². The van der Waals surface area contributed by atoms with Crippen molar-refractivity contribution in [3.63, 3.8) is 0 Å². The summed E-state index contributed by atoms with van der Waals surface area (Å²) in [4.78, 5) is 3.09. The summed E-state index contributed by atoms with van der Waals surface area (Å²) in [5.41, 5.74) is 2.51. The molecular formula is C15H12ClFN2S. The number of aromatic nitrogens is 2. The van der Waals surface area contributed by atoms with Crippen LogP contribution in [0, 0.1) is 10.6 Å². The van der Waals surface area contributed by atoms with Gasteiger partial charge in [0.2, 0.25) is 0 Å². The second-order valence-electron chi connectivity index (χ2n) is 4.66. The van der Waals surface area contributed by atoms with Crippen molar-refractivity contribution in [3.05, 3.63) is 63.6 Å². The summed E-state index contributed by atoms with van der Waals surface area (Å²) in [6, 6.07) is 12.1. The van der Waals surface area contributed by atoms with Crippen LogP contribution >= 0.6 is 23.8 Å². The molecule has 0 spiro atoms. The third-order valence-electron chi connectivity index (χ3n) is 3.42. The molecule has 3 aromatic rings. The maximum atomic E-state index is 13.5. The van der Waals surface area contributed by atoms with Crippen LogP contribution < -0.4 is 0 Å². The van der Waals surface area contributed by atoms with Crippen molar-refractivity contribution in [2.45, 2.75) is 13.0 Å². The summed E-state index contributed by atoms with van der Waals surface area (Å²) in [5.74, 6) is -0.286. The van der Waals surface area contributed by atoms with Crippen LogP contribution in [0.5, 0.6) is 0 Å². The lowest BCUT2D eigenvalue weighted by Crippen LogP contribution is -2.07. The van der Waals surface area contributed by atoms with E-state index in [4.69, 9.17) is 23.8 Å². The van der Waals surface area contributed by atoms with Gasteiger partial charge in [-0.25, -0.2) is 4.39 Å². The fourth-order valence-corrected chi connectivity index (χ4v) is 3.09. The molecule has 0 aliphatic rings. The van der Waals surface area contributed by atoms with Gasteiger partial charge in [0.25, 0.3) is 0 Å². The summed E-state index contributed by atoms with van der Waals surface area (Å²) < 4.78 is 15.9. The molecule has 2 aromatic carbocycles. The molecule has 1 heterocycles. The molecule has 1 N–H and O–H groups in total. The molecule has 0 aliphatic carbocycles. The standard InChI is InChI=1S/C15H12ClFN2S/c1-9(11-4-2-3-5-12(11)16)19-14-8-10(17)6-7-13(14)18-15(19)20/h2-9H,1H3,(H,18,20). The van der Waals surface area contributed by atoms with Gasteiger partial charge in [-0.2, -0.15) is 0 Å². The van der Waals surface area contributed by atoms with E-state index in [1.54, 1.807) is 6.07 Å². The monoisotopic (exact) mass is 306 g/mol. The summed E-state index contributed by atoms with van der Waals surface area (Å²) in [6.07, 6.45) is 0. The van der Waals surface area contributed by atoms with Gasteiger partial charge in [0.1, 0.15) is 5.82 Å². The number of benzene rings is 2. The summed E-state index contributed by atoms with van der Waals surface area (Å²) in [7, 11) is 0. The van der Waals surface area contributed by atoms with E-state index in [1.807, 2.05) is 35.8 Å². The Hall–Kier alpha value is -1.65. The minimum atomic E-state index is -0.286. The topological polar surface area (TPSA) is 20.7 Å². The summed E-state index contributed by atoms with van der Waals surface area (Å²) >= 11 is 11.6. The molecule has 102 valence electrons. The Morgan fingerprint density at radius 2 is 2.00 bits per heavy atom. The number of hydrogen-bond donors (Lipinski definition) is 1. The van der Waals surface area contributed by atoms with E-state index in [0.29, 0.717) is 9.79 Å². The van der Waals surface area contributed by atoms with Crippen molar-refractivity contribution in [1.29, 1.82) is 0 Å². The first kappa shape index (κ1) is 13.3. The van der Waals surface area contributed by atoms with Gasteiger partial charge in [0.05, 0.1) is 17.1 Å². The van der Waals surface area contributed by atoms with E-state index in [0.717, 1.165) is 16.6 Å². The molecule has 0 saturated carbocycles. The molecule has 1 aromatic heterocycles. The van der Waals surface area contributed by atoms with E-state index < -0.39 is 0 Å². The average molecular weight is 307 g/mol. The Balaban J connectivity index is 2.24. The van der Waals surface area contributed by atoms with Crippen LogP contribution in [0.3, 0.4) is 0 Å². The predicted molar refractivity (Wildman–Crippen MR) is 82.3 cm³/mol. The van der Waals surface area contributed by atoms with E-state index in [9.17, 15) is 4.39 Å². The van der Waals surface area contributed by atoms with Gasteiger partial charge in [-0.15, -0.1) is 0 Å². The zero-order chi connectivity index (χ0) is 14.3. The highest BCUT2D eigenvalue weighted by atomic mass is 35.5. The average Bonchev–Trinajstić information content (AvgIpc) is 2.74. The van der Waals surface area contributed by atoms with Crippen LogP contribution in [0.4, 0.5) is 4.39 Å². The number of aromatic amines is 1. The maximum Gasteiger partial charge on any atom is 0.178 e. The summed E-state index contributed by atoms with van der Waals surface area (Å²) in [6.45, 7) is 2.00. The number of imidazole rings is 1. The second-order valence-corrected chi connectivity index (χ2v) is 5.45. The number of nitrogens with zero attached hydrogens (tertiary/aromatic N) is 1. The molecule has 0 saturated heterocycles. The lowest BCUT2D eigenvalue weighted by Gasteiger charge is -2.16. The Morgan fingerprint density at radius 3 is 2.75 bits per heavy atom. The van der Waals surface area contributed by atoms with Crippen LogP contribution in [0.1, 0.15) is 18.5 Å². The van der Waals surface area contributed by atoms with Gasteiger partial charge < -0.3 is 9.55 Å². The smallest absolute Gasteiger partial charge is 0.178 e. The Bertz CT molecular complexity index is 837. The van der Waals surface area contributed by atoms with Crippen molar-refractivity contribution in [2.24, 2.45) is 0 Å². The molecule has 0 fully saturated rings. The highest BCUT2D eigenvalue weighted by Crippen LogP contribution is 2.29. The molecule has 1 atom stereocenters. The third kappa shape index (κ3) is 2.15. The first-order valence-corrected chi connectivity index (χ1v) is 7.01. The molecule has 0 amide bonds. The number of rotatable bonds is 2. The fraction of sp³-hybridized carbons (Fsp3) is 0.133. The van der Waals surface area contributed by atoms with Gasteiger partial charge in [-0.3, -0.25) is 0 Å². The highest BCUT2D eigenvalue weighted by molar-refractivity contribution is 7.71. The number of H-pyrrole nitrogens is 1. The lowest BCUT2D eigenvalue weighted by molar-refractivity contribution is 0.622. The molecule has 0 radical (unpaired) electrons. The number of halogens is 2. The number of nitrogens with one attached hydrogen (secondary N) is 1. The van der Waals surface area contributed by atoms with E-state index in [2.05, 4.69) is 4.98 Å². The lowest BCUT2D eigenvalue weighted by atomic mass is 10.1. The van der Waals surface area contributed by atoms with Crippen LogP contribution in [0.15, 0.2) is 42.5 Å². The highest BCUT2D eigenvalue weighted by Gasteiger charge is 2.15. The molecular weight excluding hydrogens is 295 g/mol. The minimum absolute atomic E-state index is 0.0771. The first-order chi connectivity index (χ1) is 9.58. The van der Waals surface area contributed by atoms with Gasteiger partial charge in [-0.05, 0) is 49.0 Å². The van der Waals surface area contributed by atoms with Gasteiger partial charge >= 0.3 is 0 Å². The second kappa shape index (κ2) is 5.04. The van der Waals surface area contributed by atoms with Gasteiger partial charge in [0.15, 0.2) is 4.77 Å². The van der Waals surface area contributed by atoms with Crippen molar-refractivity contribution < 1.29 is 4.39 Å². The van der Waals surface area contributed by atoms with Crippen LogP contribution in [0.2, 0.25) is 5.02 Å². The van der Waals surface area contributed by atoms with Gasteiger partial charge in [0, 0.05) is 5.02 Å². The third-order valence-corrected chi connectivity index (χ3v) is 4.07. The quantitative estimate of drug-likeness (QED) is 0.653. The molecule has 2 nitrogen and oxygen atoms in total. The molecule has 20 heavy (non-hydrogen) atoms. The van der Waals surface area contributed by atoms with Gasteiger partial charge in [-0.1, -0.05) is 29.8 Å². The van der Waals surface area contributed by atoms with Crippen LogP contribution in [-0.4, -0.2) is 9.55 Å². The molecule has 0 aliphatic heterocycles. The Morgan fingerprint density at radius 1 is 1.25 bits per heavy atom.